The lowest BCUT2D eigenvalue weighted by Crippen LogP contribution is -2.51. The smallest absolute Gasteiger partial charge is 0.354 e. The molecule has 0 radical (unpaired) electrons. The number of hydrogen-bond donors (Lipinski definition) is 0. The van der Waals surface area contributed by atoms with Crippen LogP contribution >= 0.6 is 15.9 Å². The van der Waals surface area contributed by atoms with Gasteiger partial charge in [-0.1, -0.05) is 15.9 Å². The van der Waals surface area contributed by atoms with Crippen LogP contribution in [0.4, 0.5) is 5.69 Å². The lowest BCUT2D eigenvalue weighted by molar-refractivity contribution is -0.141. The second-order valence-corrected chi connectivity index (χ2v) is 6.68. The van der Waals surface area contributed by atoms with Crippen LogP contribution < -0.4 is 4.90 Å². The molecule has 2 heterocycles. The van der Waals surface area contributed by atoms with Gasteiger partial charge in [-0.05, 0) is 24.3 Å². The van der Waals surface area contributed by atoms with E-state index in [-0.39, 0.29) is 18.6 Å². The Balaban J connectivity index is 2.01. The van der Waals surface area contributed by atoms with Crippen LogP contribution in [0.15, 0.2) is 33.8 Å². The number of halogens is 1. The fourth-order valence-corrected chi connectivity index (χ4v) is 3.35. The second-order valence-electron chi connectivity index (χ2n) is 5.76. The normalized spacial score (nSPS) is 22.6. The van der Waals surface area contributed by atoms with Crippen LogP contribution in [0, 0.1) is 0 Å². The summed E-state index contributed by atoms with van der Waals surface area (Å²) in [5.41, 5.74) is -1.18. The monoisotopic (exact) mass is 407 g/mol. The van der Waals surface area contributed by atoms with Gasteiger partial charge < -0.3 is 4.74 Å². The van der Waals surface area contributed by atoms with Crippen molar-refractivity contribution in [2.45, 2.75) is 25.3 Å². The van der Waals surface area contributed by atoms with Crippen molar-refractivity contribution in [2.75, 3.05) is 12.0 Å². The van der Waals surface area contributed by atoms with Crippen LogP contribution in [0.25, 0.3) is 0 Å². The predicted molar refractivity (Wildman–Crippen MR) is 90.6 cm³/mol. The highest BCUT2D eigenvalue weighted by molar-refractivity contribution is 9.10. The Morgan fingerprint density at radius 2 is 1.84 bits per heavy atom. The minimum Gasteiger partial charge on any atom is -0.464 e. The first-order valence-electron chi connectivity index (χ1n) is 7.40. The fraction of sp³-hybridized carbons (Fsp3) is 0.312. The summed E-state index contributed by atoms with van der Waals surface area (Å²) < 4.78 is 5.43. The van der Waals surface area contributed by atoms with E-state index in [0.717, 1.165) is 14.4 Å². The second kappa shape index (κ2) is 6.07. The maximum atomic E-state index is 13.1. The molecule has 25 heavy (non-hydrogen) atoms. The molecule has 0 unspecified atom stereocenters. The lowest BCUT2D eigenvalue weighted by atomic mass is 9.91. The molecular weight excluding hydrogens is 394 g/mol. The molecule has 0 aromatic heterocycles. The first-order chi connectivity index (χ1) is 11.8. The average molecular weight is 408 g/mol. The number of anilines is 1. The van der Waals surface area contributed by atoms with Crippen LogP contribution in [0.5, 0.6) is 0 Å². The molecule has 2 aliphatic rings. The maximum absolute atomic E-state index is 13.1. The molecular formula is C16H14BrN3O5. The van der Waals surface area contributed by atoms with Gasteiger partial charge in [-0.2, -0.15) is 5.10 Å². The van der Waals surface area contributed by atoms with Crippen LogP contribution in [-0.4, -0.2) is 47.1 Å². The Morgan fingerprint density at radius 3 is 2.40 bits per heavy atom. The van der Waals surface area contributed by atoms with E-state index in [4.69, 9.17) is 0 Å². The van der Waals surface area contributed by atoms with Gasteiger partial charge in [0.2, 0.25) is 11.8 Å². The molecule has 1 saturated heterocycles. The number of benzene rings is 1. The molecule has 9 heteroatoms. The van der Waals surface area contributed by atoms with Gasteiger partial charge in [0.05, 0.1) is 19.2 Å². The fourth-order valence-electron chi connectivity index (χ4n) is 3.09. The third-order valence-corrected chi connectivity index (χ3v) is 4.71. The lowest BCUT2D eigenvalue weighted by Gasteiger charge is -2.28. The van der Waals surface area contributed by atoms with E-state index in [2.05, 4.69) is 25.8 Å². The summed E-state index contributed by atoms with van der Waals surface area (Å²) in [5.74, 6) is -2.30. The van der Waals surface area contributed by atoms with E-state index >= 15 is 0 Å². The van der Waals surface area contributed by atoms with Gasteiger partial charge in [0, 0.05) is 17.8 Å². The SMILES string of the molecule is COC(=O)C1=NN(C(C)=O)[C@@]2(CC(=O)N(c3ccc(Br)cc3)C2=O)C1. The van der Waals surface area contributed by atoms with Gasteiger partial charge in [0.1, 0.15) is 5.71 Å². The Hall–Kier alpha value is -2.55. The largest absolute Gasteiger partial charge is 0.464 e. The summed E-state index contributed by atoms with van der Waals surface area (Å²) in [6, 6.07) is 6.64. The van der Waals surface area contributed by atoms with Crippen molar-refractivity contribution in [3.05, 3.63) is 28.7 Å². The topological polar surface area (TPSA) is 96.3 Å². The van der Waals surface area contributed by atoms with E-state index in [1.807, 2.05) is 0 Å². The summed E-state index contributed by atoms with van der Waals surface area (Å²) in [5, 5.41) is 4.87. The average Bonchev–Trinajstić information content (AvgIpc) is 3.07. The number of ether oxygens (including phenoxy) is 1. The van der Waals surface area contributed by atoms with Crippen molar-refractivity contribution < 1.29 is 23.9 Å². The van der Waals surface area contributed by atoms with E-state index in [0.29, 0.717) is 5.69 Å². The Bertz CT molecular complexity index is 820. The van der Waals surface area contributed by atoms with Gasteiger partial charge in [0.25, 0.3) is 5.91 Å². The van der Waals surface area contributed by atoms with Crippen LogP contribution in [-0.2, 0) is 23.9 Å². The summed E-state index contributed by atoms with van der Waals surface area (Å²) in [6.45, 7) is 1.23. The summed E-state index contributed by atoms with van der Waals surface area (Å²) in [4.78, 5) is 50.4. The van der Waals surface area contributed by atoms with Crippen molar-refractivity contribution in [2.24, 2.45) is 5.10 Å². The standard InChI is InChI=1S/C16H14BrN3O5/c1-9(21)20-16(7-12(18-20)14(23)25-2)8-13(22)19(15(16)24)11-5-3-10(17)4-6-11/h3-6H,7-8H2,1-2H3/t16-/m1/s1. The minimum absolute atomic E-state index is 0.0588. The molecule has 130 valence electrons. The Morgan fingerprint density at radius 1 is 1.20 bits per heavy atom. The number of hydrazone groups is 1. The molecule has 8 nitrogen and oxygen atoms in total. The van der Waals surface area contributed by atoms with Crippen molar-refractivity contribution in [3.8, 4) is 0 Å². The van der Waals surface area contributed by atoms with E-state index in [1.54, 1.807) is 24.3 Å². The third-order valence-electron chi connectivity index (χ3n) is 4.18. The number of hydrogen-bond acceptors (Lipinski definition) is 6. The molecule has 0 saturated carbocycles. The quantitative estimate of drug-likeness (QED) is 0.542. The molecule has 0 aliphatic carbocycles. The number of carbonyl (C=O) groups is 4. The number of carbonyl (C=O) groups excluding carboxylic acids is 4. The Labute approximate surface area is 151 Å². The predicted octanol–water partition coefficient (Wildman–Crippen LogP) is 1.23. The molecule has 0 N–H and O–H groups in total. The highest BCUT2D eigenvalue weighted by Crippen LogP contribution is 2.40. The molecule has 3 rings (SSSR count). The van der Waals surface area contributed by atoms with Crippen molar-refractivity contribution >= 4 is 51.0 Å². The van der Waals surface area contributed by atoms with Gasteiger partial charge in [-0.15, -0.1) is 0 Å². The molecule has 1 aromatic carbocycles. The zero-order valence-electron chi connectivity index (χ0n) is 13.5. The third kappa shape index (κ3) is 2.64. The van der Waals surface area contributed by atoms with E-state index < -0.39 is 29.2 Å². The molecule has 1 fully saturated rings. The van der Waals surface area contributed by atoms with Crippen molar-refractivity contribution in [1.29, 1.82) is 0 Å². The number of esters is 1. The van der Waals surface area contributed by atoms with Crippen LogP contribution in [0.1, 0.15) is 19.8 Å². The molecule has 1 atom stereocenters. The van der Waals surface area contributed by atoms with Crippen molar-refractivity contribution in [3.63, 3.8) is 0 Å². The summed E-state index contributed by atoms with van der Waals surface area (Å²) in [7, 11) is 1.18. The molecule has 1 spiro atoms. The first kappa shape index (κ1) is 17.3. The number of nitrogens with zero attached hydrogens (tertiary/aromatic N) is 3. The van der Waals surface area contributed by atoms with Crippen LogP contribution in [0.2, 0.25) is 0 Å². The first-order valence-corrected chi connectivity index (χ1v) is 8.19. The number of methoxy groups -OCH3 is 1. The highest BCUT2D eigenvalue weighted by atomic mass is 79.9. The molecule has 2 aliphatic heterocycles. The summed E-state index contributed by atoms with van der Waals surface area (Å²) in [6.07, 6.45) is -0.400. The van der Waals surface area contributed by atoms with Gasteiger partial charge in [0.15, 0.2) is 5.54 Å². The molecule has 0 bridgehead atoms. The zero-order valence-corrected chi connectivity index (χ0v) is 15.1. The van der Waals surface area contributed by atoms with E-state index in [9.17, 15) is 19.2 Å². The number of amides is 3. The summed E-state index contributed by atoms with van der Waals surface area (Å²) >= 11 is 3.29. The van der Waals surface area contributed by atoms with Gasteiger partial charge >= 0.3 is 5.97 Å². The highest BCUT2D eigenvalue weighted by Gasteiger charge is 2.61. The molecule has 3 amide bonds. The number of rotatable bonds is 2. The zero-order chi connectivity index (χ0) is 18.4. The van der Waals surface area contributed by atoms with E-state index in [1.165, 1.54) is 14.0 Å². The van der Waals surface area contributed by atoms with Gasteiger partial charge in [-0.25, -0.2) is 14.7 Å². The maximum Gasteiger partial charge on any atom is 0.354 e. The van der Waals surface area contributed by atoms with Gasteiger partial charge in [-0.3, -0.25) is 14.4 Å². The van der Waals surface area contributed by atoms with Crippen LogP contribution in [0.3, 0.4) is 0 Å². The number of imide groups is 1. The molecule has 1 aromatic rings. The van der Waals surface area contributed by atoms with Crippen molar-refractivity contribution in [1.82, 2.24) is 5.01 Å². The minimum atomic E-state index is -1.51. The Kier molecular flexibility index (Phi) is 4.19.